The van der Waals surface area contributed by atoms with Crippen molar-refractivity contribution in [1.29, 1.82) is 0 Å². The summed E-state index contributed by atoms with van der Waals surface area (Å²) in [6, 6.07) is 13.9. The molecule has 2 aliphatic carbocycles. The number of halogens is 3. The third kappa shape index (κ3) is 5.72. The van der Waals surface area contributed by atoms with Crippen molar-refractivity contribution in [3.8, 4) is 5.75 Å². The zero-order chi connectivity index (χ0) is 21.8. The van der Waals surface area contributed by atoms with E-state index in [-0.39, 0.29) is 5.75 Å². The fourth-order valence-electron chi connectivity index (χ4n) is 5.39. The highest BCUT2D eigenvalue weighted by Crippen LogP contribution is 2.39. The van der Waals surface area contributed by atoms with Gasteiger partial charge in [-0.05, 0) is 110 Å². The summed E-state index contributed by atoms with van der Waals surface area (Å²) in [6.45, 7) is 3.84. The maximum atomic E-state index is 12.5. The third-order valence-corrected chi connectivity index (χ3v) is 7.14. The van der Waals surface area contributed by atoms with E-state index in [1.54, 1.807) is 12.1 Å². The molecule has 1 unspecified atom stereocenters. The zero-order valence-electron chi connectivity index (χ0n) is 18.0. The summed E-state index contributed by atoms with van der Waals surface area (Å²) < 4.78 is 41.5. The fourth-order valence-corrected chi connectivity index (χ4v) is 5.39. The van der Waals surface area contributed by atoms with Crippen LogP contribution in [0.4, 0.5) is 13.2 Å². The Bertz CT molecular complexity index is 876. The van der Waals surface area contributed by atoms with Gasteiger partial charge in [-0.25, -0.2) is 0 Å². The summed E-state index contributed by atoms with van der Waals surface area (Å²) in [5.41, 5.74) is 4.90. The topological polar surface area (TPSA) is 9.23 Å². The van der Waals surface area contributed by atoms with Gasteiger partial charge in [0.15, 0.2) is 0 Å². The van der Waals surface area contributed by atoms with Crippen LogP contribution in [0.5, 0.6) is 5.75 Å². The predicted molar refractivity (Wildman–Crippen MR) is 118 cm³/mol. The van der Waals surface area contributed by atoms with Crippen molar-refractivity contribution >= 4 is 0 Å². The maximum absolute atomic E-state index is 12.5. The monoisotopic (exact) mass is 428 g/mol. The summed E-state index contributed by atoms with van der Waals surface area (Å²) >= 11 is 0. The number of aryl methyl sites for hydroxylation is 1. The SMILES string of the molecule is C=CCCC1CCC(c2ccc(C3CCc4cc(OC(F)(F)F)ccc4C3)cc2)CC1. The van der Waals surface area contributed by atoms with Crippen molar-refractivity contribution in [2.45, 2.75) is 76.0 Å². The van der Waals surface area contributed by atoms with E-state index in [1.807, 2.05) is 6.08 Å². The van der Waals surface area contributed by atoms with E-state index in [9.17, 15) is 13.2 Å². The highest BCUT2D eigenvalue weighted by atomic mass is 19.4. The van der Waals surface area contributed by atoms with Crippen molar-refractivity contribution in [1.82, 2.24) is 0 Å². The molecule has 0 aromatic heterocycles. The molecular formula is C27H31F3O. The van der Waals surface area contributed by atoms with Crippen molar-refractivity contribution in [2.75, 3.05) is 0 Å². The Kier molecular flexibility index (Phi) is 6.74. The highest BCUT2D eigenvalue weighted by molar-refractivity contribution is 5.40. The molecular weight excluding hydrogens is 397 g/mol. The first-order chi connectivity index (χ1) is 14.9. The fraction of sp³-hybridized carbons (Fsp3) is 0.481. The van der Waals surface area contributed by atoms with Gasteiger partial charge < -0.3 is 4.74 Å². The largest absolute Gasteiger partial charge is 0.573 e. The number of alkyl halides is 3. The average Bonchev–Trinajstić information content (AvgIpc) is 2.77. The molecule has 2 aliphatic rings. The molecule has 166 valence electrons. The molecule has 0 spiro atoms. The number of hydrogen-bond acceptors (Lipinski definition) is 1. The number of ether oxygens (including phenoxy) is 1. The number of fused-ring (bicyclic) bond motifs is 1. The van der Waals surface area contributed by atoms with Crippen molar-refractivity contribution < 1.29 is 17.9 Å². The second-order valence-electron chi connectivity index (χ2n) is 9.17. The first kappa shape index (κ1) is 22.0. The standard InChI is InChI=1S/C27H31F3O/c1-2-3-4-19-5-7-20(8-6-19)21-9-11-22(12-10-21)23-13-14-25-18-26(31-27(28,29)30)16-15-24(25)17-23/h2,9-12,15-16,18-20,23H,1,3-8,13-14,17H2. The Hall–Kier alpha value is -2.23. The van der Waals surface area contributed by atoms with Crippen LogP contribution in [-0.4, -0.2) is 6.36 Å². The minimum absolute atomic E-state index is 0.117. The van der Waals surface area contributed by atoms with Gasteiger partial charge in [-0.15, -0.1) is 19.8 Å². The van der Waals surface area contributed by atoms with Crippen LogP contribution >= 0.6 is 0 Å². The van der Waals surface area contributed by atoms with Crippen LogP contribution in [0.3, 0.4) is 0 Å². The van der Waals surface area contributed by atoms with Crippen molar-refractivity contribution in [2.24, 2.45) is 5.92 Å². The molecule has 2 aromatic carbocycles. The van der Waals surface area contributed by atoms with Crippen LogP contribution in [0, 0.1) is 5.92 Å². The molecule has 0 heterocycles. The lowest BCUT2D eigenvalue weighted by Crippen LogP contribution is -2.18. The quantitative estimate of drug-likeness (QED) is 0.422. The van der Waals surface area contributed by atoms with E-state index in [0.717, 1.165) is 42.7 Å². The Morgan fingerprint density at radius 2 is 1.55 bits per heavy atom. The van der Waals surface area contributed by atoms with E-state index in [1.165, 1.54) is 49.3 Å². The smallest absolute Gasteiger partial charge is 0.406 e. The molecule has 1 nitrogen and oxygen atoms in total. The average molecular weight is 429 g/mol. The molecule has 0 saturated heterocycles. The minimum Gasteiger partial charge on any atom is -0.406 e. The summed E-state index contributed by atoms with van der Waals surface area (Å²) in [6.07, 6.45) is 7.60. The molecule has 1 atom stereocenters. The molecule has 0 N–H and O–H groups in total. The second-order valence-corrected chi connectivity index (χ2v) is 9.17. The minimum atomic E-state index is -4.64. The van der Waals surface area contributed by atoms with Crippen LogP contribution < -0.4 is 4.74 Å². The Balaban J connectivity index is 1.36. The molecule has 0 bridgehead atoms. The number of hydrogen-bond donors (Lipinski definition) is 0. The maximum Gasteiger partial charge on any atom is 0.573 e. The van der Waals surface area contributed by atoms with E-state index >= 15 is 0 Å². The van der Waals surface area contributed by atoms with Gasteiger partial charge in [0.25, 0.3) is 0 Å². The van der Waals surface area contributed by atoms with Gasteiger partial charge in [-0.3, -0.25) is 0 Å². The van der Waals surface area contributed by atoms with E-state index in [2.05, 4.69) is 35.6 Å². The number of allylic oxidation sites excluding steroid dienone is 1. The summed E-state index contributed by atoms with van der Waals surface area (Å²) in [5.74, 6) is 1.84. The first-order valence-corrected chi connectivity index (χ1v) is 11.5. The van der Waals surface area contributed by atoms with Crippen LogP contribution in [0.25, 0.3) is 0 Å². The molecule has 1 saturated carbocycles. The number of rotatable bonds is 6. The normalized spacial score (nSPS) is 23.8. The zero-order valence-corrected chi connectivity index (χ0v) is 18.0. The van der Waals surface area contributed by atoms with Gasteiger partial charge in [0.2, 0.25) is 0 Å². The van der Waals surface area contributed by atoms with Crippen LogP contribution in [0.2, 0.25) is 0 Å². The molecule has 0 amide bonds. The van der Waals surface area contributed by atoms with Gasteiger partial charge in [0.05, 0.1) is 0 Å². The lowest BCUT2D eigenvalue weighted by Gasteiger charge is -2.29. The van der Waals surface area contributed by atoms with Gasteiger partial charge in [-0.1, -0.05) is 36.4 Å². The highest BCUT2D eigenvalue weighted by Gasteiger charge is 2.31. The van der Waals surface area contributed by atoms with E-state index < -0.39 is 6.36 Å². The summed E-state index contributed by atoms with van der Waals surface area (Å²) in [7, 11) is 0. The van der Waals surface area contributed by atoms with Crippen molar-refractivity contribution in [3.05, 3.63) is 77.4 Å². The molecule has 1 fully saturated rings. The Morgan fingerprint density at radius 1 is 0.871 bits per heavy atom. The van der Waals surface area contributed by atoms with Gasteiger partial charge >= 0.3 is 6.36 Å². The van der Waals surface area contributed by atoms with Gasteiger partial charge in [-0.2, -0.15) is 0 Å². The predicted octanol–water partition coefficient (Wildman–Crippen LogP) is 8.10. The van der Waals surface area contributed by atoms with Crippen LogP contribution in [-0.2, 0) is 12.8 Å². The molecule has 2 aromatic rings. The molecule has 31 heavy (non-hydrogen) atoms. The lowest BCUT2D eigenvalue weighted by atomic mass is 9.76. The van der Waals surface area contributed by atoms with Gasteiger partial charge in [0, 0.05) is 0 Å². The third-order valence-electron chi connectivity index (χ3n) is 7.14. The van der Waals surface area contributed by atoms with Crippen molar-refractivity contribution in [3.63, 3.8) is 0 Å². The van der Waals surface area contributed by atoms with E-state index in [0.29, 0.717) is 11.8 Å². The summed E-state index contributed by atoms with van der Waals surface area (Å²) in [5, 5.41) is 0. The molecule has 0 aliphatic heterocycles. The second kappa shape index (κ2) is 9.50. The lowest BCUT2D eigenvalue weighted by molar-refractivity contribution is -0.274. The summed E-state index contributed by atoms with van der Waals surface area (Å²) in [4.78, 5) is 0. The van der Waals surface area contributed by atoms with E-state index in [4.69, 9.17) is 0 Å². The van der Waals surface area contributed by atoms with Crippen LogP contribution in [0.15, 0.2) is 55.1 Å². The molecule has 4 heteroatoms. The Labute approximate surface area is 183 Å². The van der Waals surface area contributed by atoms with Gasteiger partial charge in [0.1, 0.15) is 5.75 Å². The number of benzene rings is 2. The Morgan fingerprint density at radius 3 is 2.19 bits per heavy atom. The molecule has 4 rings (SSSR count). The molecule has 0 radical (unpaired) electrons. The first-order valence-electron chi connectivity index (χ1n) is 11.5. The van der Waals surface area contributed by atoms with Crippen LogP contribution in [0.1, 0.15) is 79.0 Å².